The summed E-state index contributed by atoms with van der Waals surface area (Å²) in [6, 6.07) is 15.1. The Morgan fingerprint density at radius 2 is 1.96 bits per heavy atom. The van der Waals surface area contributed by atoms with Crippen molar-refractivity contribution >= 4 is 16.9 Å². The Balaban J connectivity index is 1.63. The summed E-state index contributed by atoms with van der Waals surface area (Å²) < 4.78 is 19.9. The lowest BCUT2D eigenvalue weighted by molar-refractivity contribution is 0.392. The van der Waals surface area contributed by atoms with Crippen LogP contribution >= 0.6 is 0 Å². The van der Waals surface area contributed by atoms with Crippen molar-refractivity contribution in [1.29, 1.82) is 0 Å². The van der Waals surface area contributed by atoms with Crippen LogP contribution in [0.4, 0.5) is 4.39 Å². The van der Waals surface area contributed by atoms with Gasteiger partial charge in [0.05, 0.1) is 6.04 Å². The van der Waals surface area contributed by atoms with E-state index in [0.29, 0.717) is 24.6 Å². The second kappa shape index (κ2) is 8.89. The van der Waals surface area contributed by atoms with E-state index in [4.69, 9.17) is 4.42 Å². The first-order valence-electron chi connectivity index (χ1n) is 9.34. The molecule has 1 atom stereocenters. The fourth-order valence-corrected chi connectivity index (χ4v) is 3.07. The van der Waals surface area contributed by atoms with Crippen LogP contribution < -0.4 is 10.6 Å². The van der Waals surface area contributed by atoms with Gasteiger partial charge in [-0.05, 0) is 50.8 Å². The number of fused-ring (bicyclic) bond motifs is 1. The molecule has 0 bridgehead atoms. The molecule has 1 unspecified atom stereocenters. The number of benzene rings is 2. The molecule has 2 aromatic carbocycles. The maximum absolute atomic E-state index is 13.9. The molecule has 0 radical (unpaired) electrons. The van der Waals surface area contributed by atoms with Gasteiger partial charge in [0.1, 0.15) is 17.2 Å². The molecule has 0 saturated heterocycles. The summed E-state index contributed by atoms with van der Waals surface area (Å²) >= 11 is 0. The van der Waals surface area contributed by atoms with Crippen molar-refractivity contribution in [3.05, 3.63) is 71.2 Å². The first-order chi connectivity index (χ1) is 13.5. The second-order valence-electron chi connectivity index (χ2n) is 7.14. The number of guanidine groups is 1. The number of hydrogen-bond donors (Lipinski definition) is 2. The van der Waals surface area contributed by atoms with Gasteiger partial charge in [-0.3, -0.25) is 4.99 Å². The third-order valence-corrected chi connectivity index (χ3v) is 4.50. The highest BCUT2D eigenvalue weighted by Crippen LogP contribution is 2.23. The van der Waals surface area contributed by atoms with Crippen LogP contribution in [0.2, 0.25) is 0 Å². The zero-order chi connectivity index (χ0) is 20.1. The Hall–Kier alpha value is -2.86. The number of aliphatic imine (C=N–C) groups is 1. The number of hydrogen-bond acceptors (Lipinski definition) is 3. The third-order valence-electron chi connectivity index (χ3n) is 4.50. The van der Waals surface area contributed by atoms with Crippen molar-refractivity contribution in [3.63, 3.8) is 0 Å². The van der Waals surface area contributed by atoms with Gasteiger partial charge < -0.3 is 20.0 Å². The van der Waals surface area contributed by atoms with E-state index in [1.165, 1.54) is 6.07 Å². The largest absolute Gasteiger partial charge is 0.459 e. The molecular weight excluding hydrogens is 355 g/mol. The quantitative estimate of drug-likeness (QED) is 0.499. The minimum atomic E-state index is -0.182. The molecule has 1 aromatic heterocycles. The Morgan fingerprint density at radius 3 is 2.68 bits per heavy atom. The van der Waals surface area contributed by atoms with Crippen LogP contribution in [-0.4, -0.2) is 32.0 Å². The van der Waals surface area contributed by atoms with E-state index in [1.54, 1.807) is 13.1 Å². The maximum atomic E-state index is 13.9. The van der Waals surface area contributed by atoms with Crippen molar-refractivity contribution in [1.82, 2.24) is 15.5 Å². The zero-order valence-electron chi connectivity index (χ0n) is 16.8. The average Bonchev–Trinajstić information content (AvgIpc) is 3.11. The summed E-state index contributed by atoms with van der Waals surface area (Å²) in [6.07, 6.45) is 0. The number of halogens is 1. The summed E-state index contributed by atoms with van der Waals surface area (Å²) in [5, 5.41) is 7.69. The van der Waals surface area contributed by atoms with Gasteiger partial charge in [0, 0.05) is 31.1 Å². The van der Waals surface area contributed by atoms with Gasteiger partial charge in [0.2, 0.25) is 0 Å². The van der Waals surface area contributed by atoms with Gasteiger partial charge in [0.25, 0.3) is 0 Å². The van der Waals surface area contributed by atoms with Crippen molar-refractivity contribution in [2.24, 2.45) is 4.99 Å². The monoisotopic (exact) mass is 382 g/mol. The normalized spacial score (nSPS) is 13.1. The first kappa shape index (κ1) is 19.9. The number of nitrogens with one attached hydrogen (secondary N) is 2. The summed E-state index contributed by atoms with van der Waals surface area (Å²) in [4.78, 5) is 6.23. The van der Waals surface area contributed by atoms with E-state index in [1.807, 2.05) is 62.3 Å². The van der Waals surface area contributed by atoms with E-state index in [-0.39, 0.29) is 11.9 Å². The number of para-hydroxylation sites is 1. The predicted octanol–water partition coefficient (Wildman–Crippen LogP) is 4.06. The van der Waals surface area contributed by atoms with Crippen molar-refractivity contribution in [2.75, 3.05) is 21.1 Å². The molecule has 0 aliphatic carbocycles. The molecule has 0 saturated carbocycles. The highest BCUT2D eigenvalue weighted by molar-refractivity contribution is 5.81. The van der Waals surface area contributed by atoms with E-state index < -0.39 is 0 Å². The summed E-state index contributed by atoms with van der Waals surface area (Å²) in [5.74, 6) is 1.32. The minimum Gasteiger partial charge on any atom is -0.459 e. The molecule has 0 aliphatic rings. The SMILES string of the molecule is CN=C(NCc1ccc(F)c(CN(C)C)c1)NC(C)c1cc2ccccc2o1. The lowest BCUT2D eigenvalue weighted by atomic mass is 10.1. The Bertz CT molecular complexity index is 931. The second-order valence-corrected chi connectivity index (χ2v) is 7.14. The summed E-state index contributed by atoms with van der Waals surface area (Å²) in [5.41, 5.74) is 2.55. The van der Waals surface area contributed by atoms with Crippen LogP contribution in [0, 0.1) is 5.82 Å². The standard InChI is InChI=1S/C22H27FN4O/c1-15(21-12-17-7-5-6-8-20(17)28-21)26-22(24-2)25-13-16-9-10-19(23)18(11-16)14-27(3)4/h5-12,15H,13-14H2,1-4H3,(H2,24,25,26). The number of furan rings is 1. The maximum Gasteiger partial charge on any atom is 0.191 e. The molecule has 3 aromatic rings. The Morgan fingerprint density at radius 1 is 1.18 bits per heavy atom. The zero-order valence-corrected chi connectivity index (χ0v) is 16.8. The van der Waals surface area contributed by atoms with Gasteiger partial charge in [0.15, 0.2) is 5.96 Å². The van der Waals surface area contributed by atoms with Crippen LogP contribution in [0.1, 0.15) is 29.9 Å². The molecule has 0 fully saturated rings. The topological polar surface area (TPSA) is 52.8 Å². The lowest BCUT2D eigenvalue weighted by Gasteiger charge is -2.17. The minimum absolute atomic E-state index is 0.0453. The molecule has 0 amide bonds. The molecule has 5 nitrogen and oxygen atoms in total. The van der Waals surface area contributed by atoms with Crippen molar-refractivity contribution in [3.8, 4) is 0 Å². The van der Waals surface area contributed by atoms with Gasteiger partial charge in [-0.2, -0.15) is 0 Å². The Kier molecular flexibility index (Phi) is 6.31. The van der Waals surface area contributed by atoms with Crippen molar-refractivity contribution in [2.45, 2.75) is 26.1 Å². The molecule has 1 heterocycles. The first-order valence-corrected chi connectivity index (χ1v) is 9.34. The van der Waals surface area contributed by atoms with Gasteiger partial charge >= 0.3 is 0 Å². The van der Waals surface area contributed by atoms with E-state index in [2.05, 4.69) is 15.6 Å². The fraction of sp³-hybridized carbons (Fsp3) is 0.318. The Labute approximate surface area is 165 Å². The highest BCUT2D eigenvalue weighted by atomic mass is 19.1. The molecule has 0 aliphatic heterocycles. The molecule has 2 N–H and O–H groups in total. The van der Waals surface area contributed by atoms with Crippen LogP contribution in [-0.2, 0) is 13.1 Å². The van der Waals surface area contributed by atoms with E-state index in [9.17, 15) is 4.39 Å². The van der Waals surface area contributed by atoms with Gasteiger partial charge in [-0.15, -0.1) is 0 Å². The highest BCUT2D eigenvalue weighted by Gasteiger charge is 2.13. The lowest BCUT2D eigenvalue weighted by Crippen LogP contribution is -2.38. The molecule has 6 heteroatoms. The molecule has 3 rings (SSSR count). The molecule has 0 spiro atoms. The summed E-state index contributed by atoms with van der Waals surface area (Å²) in [6.45, 7) is 3.14. The third kappa shape index (κ3) is 4.89. The predicted molar refractivity (Wildman–Crippen MR) is 112 cm³/mol. The van der Waals surface area contributed by atoms with Crippen LogP contribution in [0.25, 0.3) is 11.0 Å². The molecular formula is C22H27FN4O. The molecule has 28 heavy (non-hydrogen) atoms. The van der Waals surface area contributed by atoms with E-state index >= 15 is 0 Å². The average molecular weight is 382 g/mol. The van der Waals surface area contributed by atoms with Gasteiger partial charge in [-0.25, -0.2) is 4.39 Å². The summed E-state index contributed by atoms with van der Waals surface area (Å²) in [7, 11) is 5.58. The molecule has 148 valence electrons. The van der Waals surface area contributed by atoms with Crippen LogP contribution in [0.5, 0.6) is 0 Å². The van der Waals surface area contributed by atoms with Crippen LogP contribution in [0.3, 0.4) is 0 Å². The smallest absolute Gasteiger partial charge is 0.191 e. The van der Waals surface area contributed by atoms with Crippen molar-refractivity contribution < 1.29 is 8.81 Å². The van der Waals surface area contributed by atoms with Gasteiger partial charge in [-0.1, -0.05) is 24.3 Å². The number of rotatable bonds is 6. The fourth-order valence-electron chi connectivity index (χ4n) is 3.07. The van der Waals surface area contributed by atoms with Crippen LogP contribution in [0.15, 0.2) is 57.9 Å². The van der Waals surface area contributed by atoms with E-state index in [0.717, 1.165) is 22.3 Å². The number of nitrogens with zero attached hydrogens (tertiary/aromatic N) is 2.